The van der Waals surface area contributed by atoms with Gasteiger partial charge in [-0.2, -0.15) is 0 Å². The first-order chi connectivity index (χ1) is 8.83. The van der Waals surface area contributed by atoms with E-state index in [-0.39, 0.29) is 17.2 Å². The number of imidazole rings is 1. The second kappa shape index (κ2) is 4.93. The molecule has 1 heterocycles. The Morgan fingerprint density at radius 3 is 2.58 bits per heavy atom. The number of hydrogen-bond acceptors (Lipinski definition) is 2. The maximum Gasteiger partial charge on any atom is 0.151 e. The summed E-state index contributed by atoms with van der Waals surface area (Å²) in [5, 5.41) is 0. The smallest absolute Gasteiger partial charge is 0.151 e. The Kier molecular flexibility index (Phi) is 3.63. The van der Waals surface area contributed by atoms with Crippen LogP contribution in [0, 0.1) is 11.2 Å². The van der Waals surface area contributed by atoms with Gasteiger partial charge in [-0.3, -0.25) is 0 Å². The number of benzene rings is 1. The standard InChI is InChI=1S/C15H22FN3/c1-15(2,3)8-10(9-17)14-18-13-11(16)6-5-7-12(13)19(14)4/h5-7,10H,8-9,17H2,1-4H3. The van der Waals surface area contributed by atoms with E-state index in [1.807, 2.05) is 17.7 Å². The Morgan fingerprint density at radius 1 is 1.37 bits per heavy atom. The summed E-state index contributed by atoms with van der Waals surface area (Å²) in [5.74, 6) is 0.750. The van der Waals surface area contributed by atoms with Crippen LogP contribution in [0.1, 0.15) is 38.9 Å². The highest BCUT2D eigenvalue weighted by atomic mass is 19.1. The predicted molar refractivity (Wildman–Crippen MR) is 76.5 cm³/mol. The van der Waals surface area contributed by atoms with Crippen LogP contribution in [-0.2, 0) is 7.05 Å². The largest absolute Gasteiger partial charge is 0.331 e. The molecule has 0 bridgehead atoms. The lowest BCUT2D eigenvalue weighted by atomic mass is 9.84. The van der Waals surface area contributed by atoms with Gasteiger partial charge in [0, 0.05) is 19.5 Å². The molecule has 0 fully saturated rings. The van der Waals surface area contributed by atoms with E-state index in [1.165, 1.54) is 6.07 Å². The molecule has 0 aliphatic rings. The Labute approximate surface area is 113 Å². The molecule has 0 aliphatic heterocycles. The van der Waals surface area contributed by atoms with Gasteiger partial charge in [-0.15, -0.1) is 0 Å². The molecule has 2 N–H and O–H groups in total. The number of aryl methyl sites for hydroxylation is 1. The fourth-order valence-corrected chi connectivity index (χ4v) is 2.58. The number of nitrogens with zero attached hydrogens (tertiary/aromatic N) is 2. The lowest BCUT2D eigenvalue weighted by Gasteiger charge is -2.24. The van der Waals surface area contributed by atoms with Gasteiger partial charge in [0.05, 0.1) is 5.52 Å². The number of hydrogen-bond donors (Lipinski definition) is 1. The molecule has 1 aromatic carbocycles. The van der Waals surface area contributed by atoms with Crippen LogP contribution in [0.15, 0.2) is 18.2 Å². The van der Waals surface area contributed by atoms with Crippen LogP contribution in [0.3, 0.4) is 0 Å². The maximum absolute atomic E-state index is 13.8. The molecule has 104 valence electrons. The molecule has 0 aliphatic carbocycles. The SMILES string of the molecule is Cn1c(C(CN)CC(C)(C)C)nc2c(F)cccc21. The molecule has 2 aromatic rings. The Bertz CT molecular complexity index is 581. The second-order valence-corrected chi connectivity index (χ2v) is 6.33. The van der Waals surface area contributed by atoms with Gasteiger partial charge in [0.25, 0.3) is 0 Å². The summed E-state index contributed by atoms with van der Waals surface area (Å²) in [6, 6.07) is 5.05. The molecule has 19 heavy (non-hydrogen) atoms. The molecule has 0 amide bonds. The predicted octanol–water partition coefficient (Wildman–Crippen LogP) is 3.19. The summed E-state index contributed by atoms with van der Waals surface area (Å²) in [7, 11) is 1.93. The lowest BCUT2D eigenvalue weighted by Crippen LogP contribution is -2.22. The highest BCUT2D eigenvalue weighted by Gasteiger charge is 2.24. The van der Waals surface area contributed by atoms with Gasteiger partial charge in [-0.25, -0.2) is 9.37 Å². The second-order valence-electron chi connectivity index (χ2n) is 6.33. The first-order valence-electron chi connectivity index (χ1n) is 6.64. The Balaban J connectivity index is 2.49. The van der Waals surface area contributed by atoms with Crippen molar-refractivity contribution >= 4 is 11.0 Å². The molecule has 0 spiro atoms. The topological polar surface area (TPSA) is 43.8 Å². The van der Waals surface area contributed by atoms with Crippen molar-refractivity contribution in [2.24, 2.45) is 18.2 Å². The lowest BCUT2D eigenvalue weighted by molar-refractivity contribution is 0.333. The highest BCUT2D eigenvalue weighted by Crippen LogP contribution is 2.31. The van der Waals surface area contributed by atoms with Crippen LogP contribution in [-0.4, -0.2) is 16.1 Å². The van der Waals surface area contributed by atoms with Crippen LogP contribution in [0.4, 0.5) is 4.39 Å². The number of fused-ring (bicyclic) bond motifs is 1. The van der Waals surface area contributed by atoms with Crippen molar-refractivity contribution in [1.29, 1.82) is 0 Å². The van der Waals surface area contributed by atoms with Gasteiger partial charge in [0.15, 0.2) is 5.82 Å². The monoisotopic (exact) mass is 263 g/mol. The van der Waals surface area contributed by atoms with E-state index >= 15 is 0 Å². The van der Waals surface area contributed by atoms with Gasteiger partial charge in [0.1, 0.15) is 11.3 Å². The third-order valence-corrected chi connectivity index (χ3v) is 3.41. The van der Waals surface area contributed by atoms with Crippen molar-refractivity contribution < 1.29 is 4.39 Å². The minimum absolute atomic E-state index is 0.150. The van der Waals surface area contributed by atoms with Crippen molar-refractivity contribution in [2.75, 3.05) is 6.54 Å². The molecule has 1 aromatic heterocycles. The third-order valence-electron chi connectivity index (χ3n) is 3.41. The van der Waals surface area contributed by atoms with E-state index in [0.717, 1.165) is 17.8 Å². The zero-order chi connectivity index (χ0) is 14.2. The van der Waals surface area contributed by atoms with Crippen LogP contribution < -0.4 is 5.73 Å². The normalized spacial score (nSPS) is 14.0. The van der Waals surface area contributed by atoms with Crippen LogP contribution in [0.2, 0.25) is 0 Å². The number of halogens is 1. The molecular weight excluding hydrogens is 241 g/mol. The van der Waals surface area contributed by atoms with Crippen molar-refractivity contribution in [2.45, 2.75) is 33.1 Å². The van der Waals surface area contributed by atoms with Gasteiger partial charge >= 0.3 is 0 Å². The fourth-order valence-electron chi connectivity index (χ4n) is 2.58. The molecular formula is C15H22FN3. The molecule has 0 saturated carbocycles. The van der Waals surface area contributed by atoms with Crippen molar-refractivity contribution in [1.82, 2.24) is 9.55 Å². The molecule has 1 unspecified atom stereocenters. The Hall–Kier alpha value is -1.42. The number of rotatable bonds is 3. The molecule has 0 radical (unpaired) electrons. The molecule has 4 heteroatoms. The summed E-state index contributed by atoms with van der Waals surface area (Å²) >= 11 is 0. The highest BCUT2D eigenvalue weighted by molar-refractivity contribution is 5.76. The quantitative estimate of drug-likeness (QED) is 0.924. The summed E-state index contributed by atoms with van der Waals surface area (Å²) in [4.78, 5) is 4.48. The van der Waals surface area contributed by atoms with Crippen LogP contribution >= 0.6 is 0 Å². The van der Waals surface area contributed by atoms with E-state index < -0.39 is 0 Å². The summed E-state index contributed by atoms with van der Waals surface area (Å²) in [6.07, 6.45) is 0.933. The summed E-state index contributed by atoms with van der Waals surface area (Å²) in [5.41, 5.74) is 7.32. The number of aromatic nitrogens is 2. The van der Waals surface area contributed by atoms with Crippen molar-refractivity contribution in [3.05, 3.63) is 29.8 Å². The average molecular weight is 263 g/mol. The minimum Gasteiger partial charge on any atom is -0.331 e. The van der Waals surface area contributed by atoms with Crippen molar-refractivity contribution in [3.63, 3.8) is 0 Å². The van der Waals surface area contributed by atoms with E-state index in [4.69, 9.17) is 5.73 Å². The van der Waals surface area contributed by atoms with Gasteiger partial charge < -0.3 is 10.3 Å². The molecule has 2 rings (SSSR count). The molecule has 3 nitrogen and oxygen atoms in total. The maximum atomic E-state index is 13.8. The number of nitrogens with two attached hydrogens (primary N) is 1. The minimum atomic E-state index is -0.272. The summed E-state index contributed by atoms with van der Waals surface area (Å²) < 4.78 is 15.7. The first kappa shape index (κ1) is 14.0. The third kappa shape index (κ3) is 2.78. The van der Waals surface area contributed by atoms with Gasteiger partial charge in [-0.1, -0.05) is 26.8 Å². The zero-order valence-corrected chi connectivity index (χ0v) is 12.1. The zero-order valence-electron chi connectivity index (χ0n) is 12.1. The van der Waals surface area contributed by atoms with Crippen LogP contribution in [0.5, 0.6) is 0 Å². The average Bonchev–Trinajstić information content (AvgIpc) is 2.65. The molecule has 0 saturated heterocycles. The Morgan fingerprint density at radius 2 is 2.05 bits per heavy atom. The van der Waals surface area contributed by atoms with Gasteiger partial charge in [0.2, 0.25) is 0 Å². The first-order valence-corrected chi connectivity index (χ1v) is 6.64. The van der Waals surface area contributed by atoms with E-state index in [2.05, 4.69) is 25.8 Å². The van der Waals surface area contributed by atoms with Gasteiger partial charge in [-0.05, 0) is 24.0 Å². The fraction of sp³-hybridized carbons (Fsp3) is 0.533. The van der Waals surface area contributed by atoms with E-state index in [9.17, 15) is 4.39 Å². The molecule has 1 atom stereocenters. The van der Waals surface area contributed by atoms with Crippen molar-refractivity contribution in [3.8, 4) is 0 Å². The number of para-hydroxylation sites is 1. The summed E-state index contributed by atoms with van der Waals surface area (Å²) in [6.45, 7) is 7.06. The van der Waals surface area contributed by atoms with E-state index in [1.54, 1.807) is 6.07 Å². The van der Waals surface area contributed by atoms with E-state index in [0.29, 0.717) is 12.1 Å². The van der Waals surface area contributed by atoms with Crippen LogP contribution in [0.25, 0.3) is 11.0 Å².